The molecule has 2 aromatic heterocycles. The van der Waals surface area contributed by atoms with E-state index in [9.17, 15) is 0 Å². The number of H-pyrrole nitrogens is 1. The quantitative estimate of drug-likeness (QED) is 0.743. The number of benzene rings is 1. The number of aromatic amines is 1. The Bertz CT molecular complexity index is 670. The summed E-state index contributed by atoms with van der Waals surface area (Å²) in [5, 5.41) is 10.0. The lowest BCUT2D eigenvalue weighted by Gasteiger charge is -2.12. The monoisotopic (exact) mass is 256 g/mol. The maximum atomic E-state index is 4.67. The summed E-state index contributed by atoms with van der Waals surface area (Å²) >= 11 is 0. The van der Waals surface area contributed by atoms with E-state index in [0.29, 0.717) is 6.54 Å². The van der Waals surface area contributed by atoms with Gasteiger partial charge < -0.3 is 9.88 Å². The first-order valence-corrected chi connectivity index (χ1v) is 6.24. The molecule has 2 heterocycles. The van der Waals surface area contributed by atoms with Crippen molar-refractivity contribution in [3.63, 3.8) is 0 Å². The number of rotatable bonds is 4. The van der Waals surface area contributed by atoms with E-state index in [4.69, 9.17) is 0 Å². The molecule has 0 amide bonds. The highest BCUT2D eigenvalue weighted by Gasteiger charge is 2.13. The molecule has 0 bridgehead atoms. The Hall–Kier alpha value is -2.21. The van der Waals surface area contributed by atoms with E-state index < -0.39 is 0 Å². The van der Waals surface area contributed by atoms with Gasteiger partial charge in [-0.05, 0) is 19.1 Å². The fourth-order valence-electron chi connectivity index (χ4n) is 2.21. The van der Waals surface area contributed by atoms with Crippen LogP contribution < -0.4 is 5.32 Å². The number of fused-ring (bicyclic) bond motifs is 1. The van der Waals surface area contributed by atoms with E-state index in [1.807, 2.05) is 25.2 Å². The van der Waals surface area contributed by atoms with Crippen LogP contribution in [0.1, 0.15) is 24.6 Å². The number of nitrogens with one attached hydrogen (secondary N) is 2. The third-order valence-electron chi connectivity index (χ3n) is 3.25. The number of para-hydroxylation sites is 2. The zero-order valence-electron chi connectivity index (χ0n) is 11.0. The summed E-state index contributed by atoms with van der Waals surface area (Å²) in [6.45, 7) is 2.74. The Morgan fingerprint density at radius 3 is 2.95 bits per heavy atom. The van der Waals surface area contributed by atoms with Crippen molar-refractivity contribution in [2.75, 3.05) is 0 Å². The van der Waals surface area contributed by atoms with Gasteiger partial charge in [0, 0.05) is 7.05 Å². The van der Waals surface area contributed by atoms with Gasteiger partial charge in [-0.3, -0.25) is 5.10 Å². The summed E-state index contributed by atoms with van der Waals surface area (Å²) < 4.78 is 2.12. The van der Waals surface area contributed by atoms with E-state index in [1.165, 1.54) is 6.33 Å². The number of hydrogen-bond donors (Lipinski definition) is 2. The molecule has 1 aromatic carbocycles. The van der Waals surface area contributed by atoms with Crippen LogP contribution in [0.15, 0.2) is 30.6 Å². The third-order valence-corrected chi connectivity index (χ3v) is 3.25. The summed E-state index contributed by atoms with van der Waals surface area (Å²) in [6, 6.07) is 8.28. The molecule has 0 spiro atoms. The Kier molecular flexibility index (Phi) is 3.00. The standard InChI is InChI=1S/C13H16N6/c1-9(14-7-12-15-8-16-18-12)13-17-10-5-3-4-6-11(10)19(13)2/h3-6,8-9,14H,7H2,1-2H3,(H,15,16,18). The predicted octanol–water partition coefficient (Wildman–Crippen LogP) is 1.54. The van der Waals surface area contributed by atoms with E-state index in [2.05, 4.69) is 43.0 Å². The molecule has 0 aliphatic rings. The minimum absolute atomic E-state index is 0.141. The van der Waals surface area contributed by atoms with Crippen molar-refractivity contribution in [3.05, 3.63) is 42.2 Å². The van der Waals surface area contributed by atoms with Crippen molar-refractivity contribution in [1.82, 2.24) is 30.0 Å². The number of aryl methyl sites for hydroxylation is 1. The van der Waals surface area contributed by atoms with Gasteiger partial charge in [-0.15, -0.1) is 0 Å². The summed E-state index contributed by atoms with van der Waals surface area (Å²) in [7, 11) is 2.04. The molecule has 0 saturated heterocycles. The van der Waals surface area contributed by atoms with Crippen molar-refractivity contribution in [2.24, 2.45) is 7.05 Å². The van der Waals surface area contributed by atoms with E-state index in [1.54, 1.807) is 0 Å². The fourth-order valence-corrected chi connectivity index (χ4v) is 2.21. The zero-order chi connectivity index (χ0) is 13.2. The Labute approximate surface area is 110 Å². The highest BCUT2D eigenvalue weighted by Crippen LogP contribution is 2.19. The van der Waals surface area contributed by atoms with Gasteiger partial charge in [-0.2, -0.15) is 5.10 Å². The van der Waals surface area contributed by atoms with E-state index >= 15 is 0 Å². The second kappa shape index (κ2) is 4.81. The smallest absolute Gasteiger partial charge is 0.138 e. The van der Waals surface area contributed by atoms with Crippen LogP contribution in [0.5, 0.6) is 0 Å². The summed E-state index contributed by atoms with van der Waals surface area (Å²) in [5.74, 6) is 1.84. The highest BCUT2D eigenvalue weighted by molar-refractivity contribution is 5.75. The average Bonchev–Trinajstić information content (AvgIpc) is 3.05. The van der Waals surface area contributed by atoms with Gasteiger partial charge in [-0.1, -0.05) is 12.1 Å². The van der Waals surface area contributed by atoms with Gasteiger partial charge in [0.1, 0.15) is 18.0 Å². The fraction of sp³-hybridized carbons (Fsp3) is 0.308. The lowest BCUT2D eigenvalue weighted by Crippen LogP contribution is -2.21. The average molecular weight is 256 g/mol. The van der Waals surface area contributed by atoms with Crippen molar-refractivity contribution in [1.29, 1.82) is 0 Å². The number of aromatic nitrogens is 5. The number of hydrogen-bond acceptors (Lipinski definition) is 4. The molecule has 0 radical (unpaired) electrons. The first-order chi connectivity index (χ1) is 9.25. The van der Waals surface area contributed by atoms with Crippen LogP contribution in [0.3, 0.4) is 0 Å². The molecular weight excluding hydrogens is 240 g/mol. The largest absolute Gasteiger partial charge is 0.330 e. The minimum atomic E-state index is 0.141. The van der Waals surface area contributed by atoms with Crippen molar-refractivity contribution < 1.29 is 0 Å². The normalized spacial score (nSPS) is 12.9. The third kappa shape index (κ3) is 2.22. The molecule has 0 saturated carbocycles. The molecule has 3 aromatic rings. The molecule has 0 aliphatic heterocycles. The van der Waals surface area contributed by atoms with Gasteiger partial charge >= 0.3 is 0 Å². The van der Waals surface area contributed by atoms with Crippen LogP contribution in [0.25, 0.3) is 11.0 Å². The van der Waals surface area contributed by atoms with Gasteiger partial charge in [-0.25, -0.2) is 9.97 Å². The highest BCUT2D eigenvalue weighted by atomic mass is 15.2. The van der Waals surface area contributed by atoms with Crippen molar-refractivity contribution in [2.45, 2.75) is 19.5 Å². The number of nitrogens with zero attached hydrogens (tertiary/aromatic N) is 4. The summed E-state index contributed by atoms with van der Waals surface area (Å²) in [5.41, 5.74) is 2.17. The molecule has 1 unspecified atom stereocenters. The van der Waals surface area contributed by atoms with Crippen LogP contribution in [0.4, 0.5) is 0 Å². The maximum Gasteiger partial charge on any atom is 0.138 e. The molecule has 2 N–H and O–H groups in total. The Morgan fingerprint density at radius 2 is 2.21 bits per heavy atom. The van der Waals surface area contributed by atoms with Crippen LogP contribution in [0.2, 0.25) is 0 Å². The van der Waals surface area contributed by atoms with Crippen molar-refractivity contribution in [3.8, 4) is 0 Å². The molecule has 0 fully saturated rings. The van der Waals surface area contributed by atoms with Gasteiger partial charge in [0.2, 0.25) is 0 Å². The second-order valence-electron chi connectivity index (χ2n) is 4.55. The molecule has 6 heteroatoms. The molecule has 1 atom stereocenters. The van der Waals surface area contributed by atoms with Crippen LogP contribution >= 0.6 is 0 Å². The molecule has 3 rings (SSSR count). The molecular formula is C13H16N6. The molecule has 0 aliphatic carbocycles. The SMILES string of the molecule is CC(NCc1ncn[nH]1)c1nc2ccccc2n1C. The topological polar surface area (TPSA) is 71.4 Å². The lowest BCUT2D eigenvalue weighted by atomic mass is 10.3. The van der Waals surface area contributed by atoms with Crippen LogP contribution in [-0.4, -0.2) is 24.7 Å². The number of imidazole rings is 1. The maximum absolute atomic E-state index is 4.67. The molecule has 98 valence electrons. The van der Waals surface area contributed by atoms with Crippen LogP contribution in [0, 0.1) is 0 Å². The Balaban J connectivity index is 1.81. The first-order valence-electron chi connectivity index (χ1n) is 6.24. The lowest BCUT2D eigenvalue weighted by molar-refractivity contribution is 0.523. The Morgan fingerprint density at radius 1 is 1.37 bits per heavy atom. The first kappa shape index (κ1) is 11.9. The van der Waals surface area contributed by atoms with Crippen LogP contribution in [-0.2, 0) is 13.6 Å². The van der Waals surface area contributed by atoms with Crippen molar-refractivity contribution >= 4 is 11.0 Å². The zero-order valence-corrected chi connectivity index (χ0v) is 11.0. The minimum Gasteiger partial charge on any atom is -0.330 e. The molecule has 19 heavy (non-hydrogen) atoms. The van der Waals surface area contributed by atoms with E-state index in [-0.39, 0.29) is 6.04 Å². The predicted molar refractivity (Wildman–Crippen MR) is 72.4 cm³/mol. The summed E-state index contributed by atoms with van der Waals surface area (Å²) in [6.07, 6.45) is 1.51. The van der Waals surface area contributed by atoms with Gasteiger partial charge in [0.15, 0.2) is 0 Å². The van der Waals surface area contributed by atoms with Gasteiger partial charge in [0.05, 0.1) is 23.6 Å². The molecule has 6 nitrogen and oxygen atoms in total. The summed E-state index contributed by atoms with van der Waals surface area (Å²) in [4.78, 5) is 8.76. The second-order valence-corrected chi connectivity index (χ2v) is 4.55. The van der Waals surface area contributed by atoms with E-state index in [0.717, 1.165) is 22.7 Å². The van der Waals surface area contributed by atoms with Gasteiger partial charge in [0.25, 0.3) is 0 Å².